The van der Waals surface area contributed by atoms with Crippen LogP contribution in [0.5, 0.6) is 5.75 Å². The number of ether oxygens (including phenoxy) is 1. The van der Waals surface area contributed by atoms with Crippen molar-refractivity contribution >= 4 is 40.8 Å². The monoisotopic (exact) mass is 546 g/mol. The van der Waals surface area contributed by atoms with Crippen molar-refractivity contribution in [1.82, 2.24) is 5.32 Å². The molecule has 0 aliphatic rings. The van der Waals surface area contributed by atoms with Gasteiger partial charge in [0.2, 0.25) is 0 Å². The molecule has 0 bridgehead atoms. The van der Waals surface area contributed by atoms with Crippen LogP contribution >= 0.6 is 23.2 Å². The third-order valence-corrected chi connectivity index (χ3v) is 6.06. The Morgan fingerprint density at radius 1 is 1.00 bits per heavy atom. The van der Waals surface area contributed by atoms with E-state index >= 15 is 0 Å². The maximum atomic E-state index is 14.9. The maximum absolute atomic E-state index is 14.9. The number of aliphatic carboxylic acids is 1. The van der Waals surface area contributed by atoms with Crippen molar-refractivity contribution in [2.75, 3.05) is 18.5 Å². The van der Waals surface area contributed by atoms with E-state index in [9.17, 15) is 14.0 Å². The molecule has 0 aromatic heterocycles. The Hall–Kier alpha value is -3.29. The van der Waals surface area contributed by atoms with Gasteiger partial charge in [0.05, 0.1) is 12.5 Å². The molecule has 0 aliphatic heterocycles. The number of benzene rings is 3. The molecule has 0 saturated heterocycles. The highest BCUT2D eigenvalue weighted by Crippen LogP contribution is 2.33. The first-order valence-corrected chi connectivity index (χ1v) is 12.6. The first-order chi connectivity index (χ1) is 17.6. The van der Waals surface area contributed by atoms with Gasteiger partial charge < -0.3 is 20.5 Å². The van der Waals surface area contributed by atoms with Gasteiger partial charge in [-0.2, -0.15) is 0 Å². The average Bonchev–Trinajstić information content (AvgIpc) is 2.83. The molecule has 0 heterocycles. The van der Waals surface area contributed by atoms with Crippen LogP contribution in [0.15, 0.2) is 60.7 Å². The first-order valence-electron chi connectivity index (χ1n) is 11.9. The molecule has 37 heavy (non-hydrogen) atoms. The Morgan fingerprint density at radius 3 is 2.32 bits per heavy atom. The van der Waals surface area contributed by atoms with Crippen LogP contribution in [0.1, 0.15) is 37.0 Å². The smallest absolute Gasteiger partial charge is 0.305 e. The number of halogens is 3. The van der Waals surface area contributed by atoms with Crippen molar-refractivity contribution in [2.24, 2.45) is 5.92 Å². The minimum atomic E-state index is -0.970. The minimum Gasteiger partial charge on any atom is -0.491 e. The van der Waals surface area contributed by atoms with E-state index in [1.54, 1.807) is 54.6 Å². The fourth-order valence-electron chi connectivity index (χ4n) is 3.78. The summed E-state index contributed by atoms with van der Waals surface area (Å²) < 4.78 is 20.8. The van der Waals surface area contributed by atoms with Crippen molar-refractivity contribution in [1.29, 1.82) is 0 Å². The quantitative estimate of drug-likeness (QED) is 0.229. The van der Waals surface area contributed by atoms with Crippen LogP contribution in [-0.2, 0) is 4.79 Å². The lowest BCUT2D eigenvalue weighted by atomic mass is 10.0. The summed E-state index contributed by atoms with van der Waals surface area (Å²) in [5.74, 6) is -0.975. The van der Waals surface area contributed by atoms with Crippen molar-refractivity contribution in [3.63, 3.8) is 0 Å². The molecule has 1 unspecified atom stereocenters. The number of carbonyl (C=O) groups excluding carboxylic acids is 1. The number of hydrogen-bond acceptors (Lipinski definition) is 4. The fourth-order valence-corrected chi connectivity index (χ4v) is 4.30. The zero-order valence-corrected chi connectivity index (χ0v) is 22.1. The third-order valence-electron chi connectivity index (χ3n) is 5.51. The maximum Gasteiger partial charge on any atom is 0.305 e. The van der Waals surface area contributed by atoms with Gasteiger partial charge in [0.25, 0.3) is 5.91 Å². The summed E-state index contributed by atoms with van der Waals surface area (Å²) in [5.41, 5.74) is 2.14. The molecule has 3 aromatic carbocycles. The minimum absolute atomic E-state index is 0.0658. The summed E-state index contributed by atoms with van der Waals surface area (Å²) in [5, 5.41) is 15.5. The molecule has 196 valence electrons. The van der Waals surface area contributed by atoms with Gasteiger partial charge >= 0.3 is 5.97 Å². The molecule has 3 rings (SSSR count). The van der Waals surface area contributed by atoms with E-state index in [1.807, 2.05) is 0 Å². The van der Waals surface area contributed by atoms with Gasteiger partial charge in [-0.15, -0.1) is 0 Å². The molecule has 0 saturated carbocycles. The SMILES string of the molecule is CC(C)CC(COc1ccc(-c2ccc(Cl)cc2Cl)c(F)c1)Nc1ccc(C(=O)NCCC(=O)O)cc1. The predicted octanol–water partition coefficient (Wildman–Crippen LogP) is 6.91. The van der Waals surface area contributed by atoms with Gasteiger partial charge in [0.1, 0.15) is 18.2 Å². The van der Waals surface area contributed by atoms with E-state index in [4.69, 9.17) is 33.0 Å². The summed E-state index contributed by atoms with van der Waals surface area (Å²) in [6.07, 6.45) is 0.669. The molecule has 0 aliphatic carbocycles. The number of carbonyl (C=O) groups is 2. The number of nitrogens with one attached hydrogen (secondary N) is 2. The molecule has 0 radical (unpaired) electrons. The topological polar surface area (TPSA) is 87.7 Å². The van der Waals surface area contributed by atoms with Crippen molar-refractivity contribution < 1.29 is 23.8 Å². The molecule has 6 nitrogen and oxygen atoms in total. The lowest BCUT2D eigenvalue weighted by molar-refractivity contribution is -0.136. The van der Waals surface area contributed by atoms with Gasteiger partial charge in [-0.1, -0.05) is 43.1 Å². The van der Waals surface area contributed by atoms with E-state index in [1.165, 1.54) is 6.07 Å². The number of anilines is 1. The molecular weight excluding hydrogens is 518 g/mol. The third kappa shape index (κ3) is 8.65. The standard InChI is InChI=1S/C28H29Cl2FN2O4/c1-17(2)13-21(33-20-6-3-18(4-7-20)28(36)32-12-11-27(34)35)16-37-22-8-10-24(26(31)15-22)23-9-5-19(29)14-25(23)30/h3-10,14-15,17,21,33H,11-13,16H2,1-2H3,(H,32,36)(H,34,35). The van der Waals surface area contributed by atoms with Gasteiger partial charge in [0, 0.05) is 45.0 Å². The van der Waals surface area contributed by atoms with Crippen molar-refractivity contribution in [3.05, 3.63) is 82.1 Å². The van der Waals surface area contributed by atoms with E-state index in [0.29, 0.717) is 45.0 Å². The zero-order valence-electron chi connectivity index (χ0n) is 20.6. The lowest BCUT2D eigenvalue weighted by Gasteiger charge is -2.22. The second kappa shape index (κ2) is 13.3. The molecule has 1 amide bonds. The second-order valence-electron chi connectivity index (χ2n) is 9.02. The van der Waals surface area contributed by atoms with E-state index in [2.05, 4.69) is 24.5 Å². The number of amides is 1. The van der Waals surface area contributed by atoms with Crippen LogP contribution in [0.25, 0.3) is 11.1 Å². The first kappa shape index (κ1) is 28.3. The molecule has 1 atom stereocenters. The molecular formula is C28H29Cl2FN2O4. The highest BCUT2D eigenvalue weighted by atomic mass is 35.5. The van der Waals surface area contributed by atoms with Crippen LogP contribution < -0.4 is 15.4 Å². The van der Waals surface area contributed by atoms with E-state index in [-0.39, 0.29) is 24.9 Å². The Kier molecular flexibility index (Phi) is 10.2. The summed E-state index contributed by atoms with van der Waals surface area (Å²) in [4.78, 5) is 22.8. The summed E-state index contributed by atoms with van der Waals surface area (Å²) >= 11 is 12.2. The normalized spacial score (nSPS) is 11.7. The van der Waals surface area contributed by atoms with Crippen molar-refractivity contribution in [2.45, 2.75) is 32.7 Å². The predicted molar refractivity (Wildman–Crippen MR) is 145 cm³/mol. The highest BCUT2D eigenvalue weighted by molar-refractivity contribution is 6.36. The molecule has 9 heteroatoms. The second-order valence-corrected chi connectivity index (χ2v) is 9.87. The lowest BCUT2D eigenvalue weighted by Crippen LogP contribution is -2.29. The van der Waals surface area contributed by atoms with Crippen LogP contribution in [0, 0.1) is 11.7 Å². The Balaban J connectivity index is 1.63. The molecule has 3 N–H and O–H groups in total. The highest BCUT2D eigenvalue weighted by Gasteiger charge is 2.15. The van der Waals surface area contributed by atoms with Gasteiger partial charge in [-0.25, -0.2) is 4.39 Å². The number of carboxylic acids is 1. The largest absolute Gasteiger partial charge is 0.491 e. The van der Waals surface area contributed by atoms with Crippen LogP contribution in [-0.4, -0.2) is 36.2 Å². The zero-order chi connectivity index (χ0) is 26.9. The number of carboxylic acid groups (broad SMARTS) is 1. The Morgan fingerprint density at radius 2 is 1.70 bits per heavy atom. The average molecular weight is 547 g/mol. The summed E-state index contributed by atoms with van der Waals surface area (Å²) in [6.45, 7) is 4.57. The van der Waals surface area contributed by atoms with Crippen LogP contribution in [0.2, 0.25) is 10.0 Å². The van der Waals surface area contributed by atoms with Crippen LogP contribution in [0.4, 0.5) is 10.1 Å². The van der Waals surface area contributed by atoms with E-state index in [0.717, 1.165) is 12.1 Å². The molecule has 3 aromatic rings. The summed E-state index contributed by atoms with van der Waals surface area (Å²) in [6, 6.07) is 16.4. The number of hydrogen-bond donors (Lipinski definition) is 3. The molecule has 0 spiro atoms. The van der Waals surface area contributed by atoms with Gasteiger partial charge in [-0.3, -0.25) is 9.59 Å². The van der Waals surface area contributed by atoms with Gasteiger partial charge in [0.15, 0.2) is 0 Å². The number of rotatable bonds is 12. The van der Waals surface area contributed by atoms with Crippen molar-refractivity contribution in [3.8, 4) is 16.9 Å². The van der Waals surface area contributed by atoms with Crippen LogP contribution in [0.3, 0.4) is 0 Å². The molecule has 0 fully saturated rings. The van der Waals surface area contributed by atoms with Gasteiger partial charge in [-0.05, 0) is 60.9 Å². The fraction of sp³-hybridized carbons (Fsp3) is 0.286. The van der Waals surface area contributed by atoms with E-state index < -0.39 is 11.8 Å². The summed E-state index contributed by atoms with van der Waals surface area (Å²) in [7, 11) is 0. The Labute approximate surface area is 225 Å². The Bertz CT molecular complexity index is 1240.